The zero-order valence-electron chi connectivity index (χ0n) is 18.8. The summed E-state index contributed by atoms with van der Waals surface area (Å²) >= 11 is 0. The third-order valence-corrected chi connectivity index (χ3v) is 5.88. The van der Waals surface area contributed by atoms with Crippen molar-refractivity contribution >= 4 is 5.91 Å². The Balaban J connectivity index is 1.46. The minimum Gasteiger partial charge on any atom is -0.488 e. The maximum Gasteiger partial charge on any atom is 0.255 e. The molecule has 1 aliphatic rings. The molecule has 1 fully saturated rings. The first kappa shape index (κ1) is 22.9. The molecule has 4 rings (SSSR count). The highest BCUT2D eigenvalue weighted by molar-refractivity contribution is 5.96. The van der Waals surface area contributed by atoms with Gasteiger partial charge in [0, 0.05) is 19.6 Å². The Morgan fingerprint density at radius 1 is 1.15 bits per heavy atom. The van der Waals surface area contributed by atoms with Crippen LogP contribution in [0.2, 0.25) is 0 Å². The largest absolute Gasteiger partial charge is 0.488 e. The minimum absolute atomic E-state index is 0.0890. The third kappa shape index (κ3) is 5.58. The van der Waals surface area contributed by atoms with Crippen LogP contribution < -0.4 is 10.1 Å². The number of carbonyl (C=O) groups is 1. The van der Waals surface area contributed by atoms with Gasteiger partial charge in [-0.15, -0.1) is 0 Å². The Bertz CT molecular complexity index is 1060. The second-order valence-electron chi connectivity index (χ2n) is 8.01. The predicted molar refractivity (Wildman–Crippen MR) is 121 cm³/mol. The zero-order valence-corrected chi connectivity index (χ0v) is 18.8. The van der Waals surface area contributed by atoms with Gasteiger partial charge in [0.15, 0.2) is 0 Å². The first-order chi connectivity index (χ1) is 16.0. The van der Waals surface area contributed by atoms with Gasteiger partial charge in [0.2, 0.25) is 0 Å². The van der Waals surface area contributed by atoms with Crippen LogP contribution in [0.25, 0.3) is 0 Å². The van der Waals surface area contributed by atoms with Crippen LogP contribution in [-0.2, 0) is 11.3 Å². The molecule has 7 nitrogen and oxygen atoms in total. The SMILES string of the molecule is Cc1noc(C)c1COc1ccccc1C(=O)NCC(c1ccc(F)cc1)N1CCOCC1. The quantitative estimate of drug-likeness (QED) is 0.559. The van der Waals surface area contributed by atoms with E-state index >= 15 is 0 Å². The topological polar surface area (TPSA) is 76.8 Å². The van der Waals surface area contributed by atoms with Crippen molar-refractivity contribution in [1.82, 2.24) is 15.4 Å². The summed E-state index contributed by atoms with van der Waals surface area (Å²) in [5.74, 6) is 0.666. The number of nitrogens with one attached hydrogen (secondary N) is 1. The van der Waals surface area contributed by atoms with E-state index in [1.54, 1.807) is 30.3 Å². The van der Waals surface area contributed by atoms with E-state index in [9.17, 15) is 9.18 Å². The number of hydrogen-bond donors (Lipinski definition) is 1. The average molecular weight is 454 g/mol. The molecule has 174 valence electrons. The molecular weight excluding hydrogens is 425 g/mol. The van der Waals surface area contributed by atoms with E-state index in [4.69, 9.17) is 14.0 Å². The summed E-state index contributed by atoms with van der Waals surface area (Å²) in [5, 5.41) is 6.98. The minimum atomic E-state index is -0.284. The van der Waals surface area contributed by atoms with E-state index in [1.807, 2.05) is 19.9 Å². The van der Waals surface area contributed by atoms with Crippen molar-refractivity contribution in [3.8, 4) is 5.75 Å². The van der Waals surface area contributed by atoms with Crippen molar-refractivity contribution in [2.24, 2.45) is 0 Å². The number of para-hydroxylation sites is 1. The number of benzene rings is 2. The molecule has 1 atom stereocenters. The Hall–Kier alpha value is -3.23. The summed E-state index contributed by atoms with van der Waals surface area (Å²) in [4.78, 5) is 15.4. The smallest absolute Gasteiger partial charge is 0.255 e. The van der Waals surface area contributed by atoms with Crippen molar-refractivity contribution in [3.05, 3.63) is 82.5 Å². The summed E-state index contributed by atoms with van der Waals surface area (Å²) in [6, 6.07) is 13.5. The maximum absolute atomic E-state index is 13.5. The molecule has 1 aliphatic heterocycles. The zero-order chi connectivity index (χ0) is 23.2. The lowest BCUT2D eigenvalue weighted by molar-refractivity contribution is 0.0162. The van der Waals surface area contributed by atoms with Crippen molar-refractivity contribution < 1.29 is 23.2 Å². The number of morpholine rings is 1. The Morgan fingerprint density at radius 2 is 1.88 bits per heavy atom. The number of amides is 1. The average Bonchev–Trinajstić information content (AvgIpc) is 3.16. The van der Waals surface area contributed by atoms with E-state index in [0.29, 0.717) is 36.8 Å². The van der Waals surface area contributed by atoms with E-state index in [2.05, 4.69) is 15.4 Å². The number of aromatic nitrogens is 1. The molecule has 0 aliphatic carbocycles. The maximum atomic E-state index is 13.5. The van der Waals surface area contributed by atoms with Gasteiger partial charge in [-0.05, 0) is 43.7 Å². The fraction of sp³-hybridized carbons (Fsp3) is 0.360. The molecule has 33 heavy (non-hydrogen) atoms. The predicted octanol–water partition coefficient (Wildman–Crippen LogP) is 3.81. The van der Waals surface area contributed by atoms with E-state index in [-0.39, 0.29) is 24.4 Å². The van der Waals surface area contributed by atoms with Crippen LogP contribution in [0.1, 0.15) is 39.0 Å². The second kappa shape index (κ2) is 10.6. The van der Waals surface area contributed by atoms with Crippen LogP contribution in [0.3, 0.4) is 0 Å². The standard InChI is InChI=1S/C25H28FN3O4/c1-17-22(18(2)33-28-17)16-32-24-6-4-3-5-21(24)25(30)27-15-23(29-11-13-31-14-12-29)19-7-9-20(26)10-8-19/h3-10,23H,11-16H2,1-2H3,(H,27,30). The van der Waals surface area contributed by atoms with Gasteiger partial charge in [-0.1, -0.05) is 29.4 Å². The molecule has 1 amide bonds. The van der Waals surface area contributed by atoms with Crippen molar-refractivity contribution in [2.45, 2.75) is 26.5 Å². The van der Waals surface area contributed by atoms with Crippen LogP contribution >= 0.6 is 0 Å². The van der Waals surface area contributed by atoms with Gasteiger partial charge in [-0.25, -0.2) is 4.39 Å². The third-order valence-electron chi connectivity index (χ3n) is 5.88. The Labute approximate surface area is 192 Å². The van der Waals surface area contributed by atoms with Crippen LogP contribution in [-0.4, -0.2) is 48.8 Å². The number of aryl methyl sites for hydroxylation is 2. The van der Waals surface area contributed by atoms with Crippen LogP contribution in [0.15, 0.2) is 53.1 Å². The summed E-state index contributed by atoms with van der Waals surface area (Å²) in [6.07, 6.45) is 0. The Morgan fingerprint density at radius 3 is 2.58 bits per heavy atom. The van der Waals surface area contributed by atoms with Crippen molar-refractivity contribution in [2.75, 3.05) is 32.8 Å². The fourth-order valence-electron chi connectivity index (χ4n) is 3.95. The highest BCUT2D eigenvalue weighted by Gasteiger charge is 2.24. The lowest BCUT2D eigenvalue weighted by Gasteiger charge is -2.35. The lowest BCUT2D eigenvalue weighted by Crippen LogP contribution is -2.43. The van der Waals surface area contributed by atoms with Crippen LogP contribution in [0.5, 0.6) is 5.75 Å². The molecule has 0 radical (unpaired) electrons. The van der Waals surface area contributed by atoms with Gasteiger partial charge in [0.1, 0.15) is 23.9 Å². The van der Waals surface area contributed by atoms with Crippen molar-refractivity contribution in [3.63, 3.8) is 0 Å². The molecule has 0 bridgehead atoms. The molecule has 2 aromatic carbocycles. The molecule has 0 saturated carbocycles. The summed E-state index contributed by atoms with van der Waals surface area (Å²) < 4.78 is 30.1. The highest BCUT2D eigenvalue weighted by Crippen LogP contribution is 2.24. The van der Waals surface area contributed by atoms with E-state index in [1.165, 1.54) is 12.1 Å². The number of carbonyl (C=O) groups excluding carboxylic acids is 1. The first-order valence-electron chi connectivity index (χ1n) is 11.0. The molecule has 3 aromatic rings. The van der Waals surface area contributed by atoms with E-state index < -0.39 is 0 Å². The van der Waals surface area contributed by atoms with Gasteiger partial charge in [0.25, 0.3) is 5.91 Å². The molecule has 1 saturated heterocycles. The summed E-state index contributed by atoms with van der Waals surface area (Å²) in [5.41, 5.74) is 3.03. The monoisotopic (exact) mass is 453 g/mol. The van der Waals surface area contributed by atoms with Crippen LogP contribution in [0.4, 0.5) is 4.39 Å². The van der Waals surface area contributed by atoms with Gasteiger partial charge < -0.3 is 19.3 Å². The number of ether oxygens (including phenoxy) is 2. The molecular formula is C25H28FN3O4. The molecule has 2 heterocycles. The van der Waals surface area contributed by atoms with Gasteiger partial charge in [0.05, 0.1) is 36.1 Å². The van der Waals surface area contributed by atoms with Gasteiger partial charge in [-0.3, -0.25) is 9.69 Å². The molecule has 1 N–H and O–H groups in total. The number of rotatable bonds is 8. The Kier molecular flexibility index (Phi) is 7.36. The molecule has 1 aromatic heterocycles. The van der Waals surface area contributed by atoms with Crippen molar-refractivity contribution in [1.29, 1.82) is 0 Å². The second-order valence-corrected chi connectivity index (χ2v) is 8.01. The molecule has 1 unspecified atom stereocenters. The lowest BCUT2D eigenvalue weighted by atomic mass is 10.0. The number of nitrogens with zero attached hydrogens (tertiary/aromatic N) is 2. The number of hydrogen-bond acceptors (Lipinski definition) is 6. The van der Waals surface area contributed by atoms with Gasteiger partial charge >= 0.3 is 0 Å². The molecule has 8 heteroatoms. The van der Waals surface area contributed by atoms with Gasteiger partial charge in [-0.2, -0.15) is 0 Å². The highest BCUT2D eigenvalue weighted by atomic mass is 19.1. The summed E-state index contributed by atoms with van der Waals surface area (Å²) in [7, 11) is 0. The van der Waals surface area contributed by atoms with Crippen LogP contribution in [0, 0.1) is 19.7 Å². The fourth-order valence-corrected chi connectivity index (χ4v) is 3.95. The normalized spacial score (nSPS) is 15.2. The van der Waals surface area contributed by atoms with E-state index in [0.717, 1.165) is 29.9 Å². The summed E-state index contributed by atoms with van der Waals surface area (Å²) in [6.45, 7) is 7.08. The molecule has 0 spiro atoms. The first-order valence-corrected chi connectivity index (χ1v) is 11.0. The number of halogens is 1.